The first kappa shape index (κ1) is 19.6. The molecule has 0 amide bonds. The van der Waals surface area contributed by atoms with Gasteiger partial charge in [0.05, 0.1) is 16.7 Å². The standard InChI is InChI=1S/C21H19N7OS/c1-2-12-28-18(29)15-10-6-7-11-16(15)24-21(28)30-13-17-25-19(22)27-20(26-17)23-14-8-4-3-5-9-14/h2-11H,1,12-13H2,(H3,22,23,25,26,27). The fourth-order valence-electron chi connectivity index (χ4n) is 2.89. The van der Waals surface area contributed by atoms with Crippen molar-refractivity contribution >= 4 is 40.2 Å². The predicted octanol–water partition coefficient (Wildman–Crippen LogP) is 3.39. The summed E-state index contributed by atoms with van der Waals surface area (Å²) in [5, 5.41) is 4.25. The highest BCUT2D eigenvalue weighted by Gasteiger charge is 2.12. The summed E-state index contributed by atoms with van der Waals surface area (Å²) < 4.78 is 1.59. The molecule has 2 aromatic carbocycles. The zero-order valence-corrected chi connectivity index (χ0v) is 16.8. The summed E-state index contributed by atoms with van der Waals surface area (Å²) in [6.45, 7) is 4.11. The van der Waals surface area contributed by atoms with E-state index in [1.54, 1.807) is 16.7 Å². The van der Waals surface area contributed by atoms with E-state index in [9.17, 15) is 4.79 Å². The number of nitrogens with one attached hydrogen (secondary N) is 1. The van der Waals surface area contributed by atoms with Gasteiger partial charge in [0.2, 0.25) is 11.9 Å². The average Bonchev–Trinajstić information content (AvgIpc) is 2.75. The van der Waals surface area contributed by atoms with Crippen LogP contribution in [0, 0.1) is 0 Å². The number of fused-ring (bicyclic) bond motifs is 1. The Morgan fingerprint density at radius 3 is 2.60 bits per heavy atom. The molecule has 0 fully saturated rings. The Morgan fingerprint density at radius 2 is 1.80 bits per heavy atom. The van der Waals surface area contributed by atoms with Gasteiger partial charge in [-0.05, 0) is 24.3 Å². The summed E-state index contributed by atoms with van der Waals surface area (Å²) in [5.74, 6) is 1.34. The molecule has 4 aromatic rings. The van der Waals surface area contributed by atoms with Crippen LogP contribution < -0.4 is 16.6 Å². The third kappa shape index (κ3) is 4.31. The maximum atomic E-state index is 12.9. The molecule has 2 heterocycles. The number of aromatic nitrogens is 5. The van der Waals surface area contributed by atoms with Gasteiger partial charge < -0.3 is 11.1 Å². The van der Waals surface area contributed by atoms with Gasteiger partial charge in [-0.15, -0.1) is 6.58 Å². The lowest BCUT2D eigenvalue weighted by Gasteiger charge is -2.11. The Labute approximate surface area is 176 Å². The molecule has 30 heavy (non-hydrogen) atoms. The quantitative estimate of drug-likeness (QED) is 0.267. The van der Waals surface area contributed by atoms with Crippen LogP contribution in [0.4, 0.5) is 17.6 Å². The minimum absolute atomic E-state index is 0.107. The van der Waals surface area contributed by atoms with Crippen molar-refractivity contribution in [2.45, 2.75) is 17.5 Å². The molecular formula is C21H19N7OS. The van der Waals surface area contributed by atoms with Gasteiger partial charge in [0.1, 0.15) is 5.82 Å². The van der Waals surface area contributed by atoms with Crippen molar-refractivity contribution < 1.29 is 0 Å². The molecule has 9 heteroatoms. The third-order valence-electron chi connectivity index (χ3n) is 4.20. The molecule has 3 N–H and O–H groups in total. The Kier molecular flexibility index (Phi) is 5.71. The summed E-state index contributed by atoms with van der Waals surface area (Å²) in [6.07, 6.45) is 1.67. The van der Waals surface area contributed by atoms with Gasteiger partial charge in [-0.2, -0.15) is 15.0 Å². The molecule has 0 radical (unpaired) electrons. The van der Waals surface area contributed by atoms with Crippen molar-refractivity contribution in [1.29, 1.82) is 0 Å². The molecule has 0 aliphatic rings. The highest BCUT2D eigenvalue weighted by Crippen LogP contribution is 2.22. The van der Waals surface area contributed by atoms with Gasteiger partial charge >= 0.3 is 0 Å². The van der Waals surface area contributed by atoms with Crippen LogP contribution in [0.2, 0.25) is 0 Å². The fraction of sp³-hybridized carbons (Fsp3) is 0.0952. The molecule has 150 valence electrons. The lowest BCUT2D eigenvalue weighted by molar-refractivity contribution is 0.671. The van der Waals surface area contributed by atoms with Gasteiger partial charge in [0.15, 0.2) is 5.16 Å². The number of allylic oxidation sites excluding steroid dienone is 1. The normalized spacial score (nSPS) is 10.8. The number of thioether (sulfide) groups is 1. The van der Waals surface area contributed by atoms with Gasteiger partial charge in [-0.1, -0.05) is 48.2 Å². The summed E-state index contributed by atoms with van der Waals surface area (Å²) in [7, 11) is 0. The monoisotopic (exact) mass is 417 g/mol. The molecule has 0 aliphatic carbocycles. The number of anilines is 3. The van der Waals surface area contributed by atoms with E-state index in [1.165, 1.54) is 11.8 Å². The van der Waals surface area contributed by atoms with Crippen molar-refractivity contribution in [2.24, 2.45) is 0 Å². The smallest absolute Gasteiger partial charge is 0.262 e. The summed E-state index contributed by atoms with van der Waals surface area (Å²) >= 11 is 1.36. The van der Waals surface area contributed by atoms with Crippen LogP contribution in [0.25, 0.3) is 10.9 Å². The Morgan fingerprint density at radius 1 is 1.03 bits per heavy atom. The predicted molar refractivity (Wildman–Crippen MR) is 120 cm³/mol. The van der Waals surface area contributed by atoms with Crippen LogP contribution in [0.15, 0.2) is 77.2 Å². The molecule has 4 rings (SSSR count). The minimum atomic E-state index is -0.107. The third-order valence-corrected chi connectivity index (χ3v) is 5.17. The summed E-state index contributed by atoms with van der Waals surface area (Å²) in [5.41, 5.74) is 7.25. The van der Waals surface area contributed by atoms with Gasteiger partial charge in [0, 0.05) is 12.2 Å². The SMILES string of the molecule is C=CCn1c(SCc2nc(N)nc(Nc3ccccc3)n2)nc2ccccc2c1=O. The molecule has 0 spiro atoms. The van der Waals surface area contributed by atoms with Gasteiger partial charge in [0.25, 0.3) is 5.56 Å². The van der Waals surface area contributed by atoms with E-state index in [1.807, 2.05) is 48.5 Å². The number of nitrogens with zero attached hydrogens (tertiary/aromatic N) is 5. The van der Waals surface area contributed by atoms with Crippen molar-refractivity contribution in [3.8, 4) is 0 Å². The van der Waals surface area contributed by atoms with E-state index < -0.39 is 0 Å². The van der Waals surface area contributed by atoms with Crippen LogP contribution in [-0.4, -0.2) is 24.5 Å². The maximum absolute atomic E-state index is 12.9. The second-order valence-corrected chi connectivity index (χ2v) is 7.27. The summed E-state index contributed by atoms with van der Waals surface area (Å²) in [4.78, 5) is 30.3. The highest BCUT2D eigenvalue weighted by molar-refractivity contribution is 7.98. The van der Waals surface area contributed by atoms with E-state index in [0.717, 1.165) is 5.69 Å². The molecule has 0 atom stereocenters. The highest BCUT2D eigenvalue weighted by atomic mass is 32.2. The number of rotatable bonds is 7. The zero-order valence-electron chi connectivity index (χ0n) is 16.0. The van der Waals surface area contributed by atoms with Crippen molar-refractivity contribution in [1.82, 2.24) is 24.5 Å². The van der Waals surface area contributed by atoms with Crippen LogP contribution in [0.3, 0.4) is 0 Å². The molecule has 8 nitrogen and oxygen atoms in total. The van der Waals surface area contributed by atoms with Crippen LogP contribution in [0.5, 0.6) is 0 Å². The van der Waals surface area contributed by atoms with E-state index in [-0.39, 0.29) is 11.5 Å². The van der Waals surface area contributed by atoms with Crippen molar-refractivity contribution in [2.75, 3.05) is 11.1 Å². The first-order chi connectivity index (χ1) is 14.6. The van der Waals surface area contributed by atoms with Crippen LogP contribution in [-0.2, 0) is 12.3 Å². The lowest BCUT2D eigenvalue weighted by Crippen LogP contribution is -2.22. The maximum Gasteiger partial charge on any atom is 0.262 e. The van der Waals surface area contributed by atoms with Gasteiger partial charge in [-0.25, -0.2) is 4.98 Å². The first-order valence-electron chi connectivity index (χ1n) is 9.20. The summed E-state index contributed by atoms with van der Waals surface area (Å²) in [6, 6.07) is 16.8. The first-order valence-corrected chi connectivity index (χ1v) is 10.2. The molecule has 0 aliphatic heterocycles. The number of benzene rings is 2. The zero-order chi connectivity index (χ0) is 20.9. The molecule has 0 saturated heterocycles. The van der Waals surface area contributed by atoms with Crippen molar-refractivity contribution in [3.63, 3.8) is 0 Å². The number of nitrogen functional groups attached to an aromatic ring is 1. The van der Waals surface area contributed by atoms with E-state index in [0.29, 0.717) is 40.1 Å². The van der Waals surface area contributed by atoms with Crippen LogP contribution in [0.1, 0.15) is 5.82 Å². The lowest BCUT2D eigenvalue weighted by atomic mass is 10.2. The molecule has 0 bridgehead atoms. The molecule has 0 saturated carbocycles. The second kappa shape index (κ2) is 8.75. The number of hydrogen-bond acceptors (Lipinski definition) is 8. The number of para-hydroxylation sites is 2. The average molecular weight is 417 g/mol. The van der Waals surface area contributed by atoms with Gasteiger partial charge in [-0.3, -0.25) is 9.36 Å². The fourth-order valence-corrected chi connectivity index (χ4v) is 3.75. The minimum Gasteiger partial charge on any atom is -0.368 e. The second-order valence-electron chi connectivity index (χ2n) is 6.33. The number of hydrogen-bond donors (Lipinski definition) is 2. The van der Waals surface area contributed by atoms with E-state index >= 15 is 0 Å². The molecule has 2 aromatic heterocycles. The van der Waals surface area contributed by atoms with Crippen molar-refractivity contribution in [3.05, 3.63) is 83.4 Å². The van der Waals surface area contributed by atoms with E-state index in [2.05, 4.69) is 31.8 Å². The topological polar surface area (TPSA) is 112 Å². The Bertz CT molecular complexity index is 1260. The Balaban J connectivity index is 1.61. The molecule has 0 unspecified atom stereocenters. The van der Waals surface area contributed by atoms with E-state index in [4.69, 9.17) is 5.73 Å². The number of nitrogens with two attached hydrogens (primary N) is 1. The Hall–Kier alpha value is -3.72. The van der Waals surface area contributed by atoms with Crippen LogP contribution >= 0.6 is 11.8 Å². The molecular weight excluding hydrogens is 398 g/mol. The largest absolute Gasteiger partial charge is 0.368 e.